The van der Waals surface area contributed by atoms with Crippen LogP contribution in [0.2, 0.25) is 0 Å². The van der Waals surface area contributed by atoms with E-state index in [0.717, 1.165) is 58.9 Å². The number of carbonyl (C=O) groups is 1. The number of carbonyl (C=O) groups excluding carboxylic acids is 1. The van der Waals surface area contributed by atoms with Gasteiger partial charge in [0.25, 0.3) is 5.91 Å². The van der Waals surface area contributed by atoms with Crippen molar-refractivity contribution in [2.75, 3.05) is 13.7 Å². The molecule has 2 unspecified atom stereocenters. The lowest BCUT2D eigenvalue weighted by molar-refractivity contribution is 0.0612. The Balaban J connectivity index is 1.35. The van der Waals surface area contributed by atoms with Crippen molar-refractivity contribution < 1.29 is 9.53 Å². The molecule has 36 heavy (non-hydrogen) atoms. The van der Waals surface area contributed by atoms with E-state index in [1.54, 1.807) is 7.11 Å². The molecule has 8 heteroatoms. The van der Waals surface area contributed by atoms with Crippen LogP contribution in [0.4, 0.5) is 0 Å². The fourth-order valence-corrected chi connectivity index (χ4v) is 6.21. The summed E-state index contributed by atoms with van der Waals surface area (Å²) in [7, 11) is 3.67. The minimum atomic E-state index is -0.0176. The van der Waals surface area contributed by atoms with E-state index in [2.05, 4.69) is 28.2 Å². The predicted molar refractivity (Wildman–Crippen MR) is 139 cm³/mol. The molecule has 8 nitrogen and oxygen atoms in total. The molecule has 3 fully saturated rings. The molecule has 2 atom stereocenters. The molecule has 1 aromatic carbocycles. The SMILES string of the molecule is COc1cc(C(=O)N2CC(N)CCC2C)cc2nc(-c3cc4cccnc4n3CC34CC3C4)n(C)c12. The molecule has 2 saturated carbocycles. The second-order valence-corrected chi connectivity index (χ2v) is 11.2. The lowest BCUT2D eigenvalue weighted by Gasteiger charge is -2.36. The largest absolute Gasteiger partial charge is 0.494 e. The van der Waals surface area contributed by atoms with Gasteiger partial charge < -0.3 is 24.5 Å². The van der Waals surface area contributed by atoms with Gasteiger partial charge in [-0.3, -0.25) is 4.79 Å². The van der Waals surface area contributed by atoms with Gasteiger partial charge in [-0.1, -0.05) is 0 Å². The third-order valence-corrected chi connectivity index (χ3v) is 8.79. The van der Waals surface area contributed by atoms with Crippen LogP contribution in [0, 0.1) is 11.3 Å². The van der Waals surface area contributed by atoms with Gasteiger partial charge in [-0.05, 0) is 74.3 Å². The summed E-state index contributed by atoms with van der Waals surface area (Å²) in [6.45, 7) is 3.64. The normalized spacial score (nSPS) is 26.9. The summed E-state index contributed by atoms with van der Waals surface area (Å²) in [5, 5.41) is 1.12. The average Bonchev–Trinajstić information content (AvgIpc) is 3.65. The monoisotopic (exact) mass is 484 g/mol. The Labute approximate surface area is 210 Å². The highest BCUT2D eigenvalue weighted by Gasteiger charge is 2.69. The van der Waals surface area contributed by atoms with Gasteiger partial charge >= 0.3 is 0 Å². The number of hydrogen-bond donors (Lipinski definition) is 1. The molecule has 2 aliphatic carbocycles. The van der Waals surface area contributed by atoms with E-state index in [1.165, 1.54) is 12.8 Å². The Morgan fingerprint density at radius 1 is 1.25 bits per heavy atom. The maximum atomic E-state index is 13.5. The van der Waals surface area contributed by atoms with Crippen molar-refractivity contribution in [2.24, 2.45) is 24.1 Å². The summed E-state index contributed by atoms with van der Waals surface area (Å²) in [6, 6.07) is 10.2. The lowest BCUT2D eigenvalue weighted by atomic mass is 9.99. The van der Waals surface area contributed by atoms with Crippen molar-refractivity contribution in [2.45, 2.75) is 51.2 Å². The van der Waals surface area contributed by atoms with E-state index in [0.29, 0.717) is 23.3 Å². The van der Waals surface area contributed by atoms with Crippen molar-refractivity contribution in [3.8, 4) is 17.3 Å². The quantitative estimate of drug-likeness (QED) is 0.463. The number of nitrogens with zero attached hydrogens (tertiary/aromatic N) is 5. The third kappa shape index (κ3) is 3.20. The van der Waals surface area contributed by atoms with E-state index < -0.39 is 0 Å². The Hall–Kier alpha value is -3.39. The van der Waals surface area contributed by atoms with Crippen molar-refractivity contribution >= 4 is 28.0 Å². The molecule has 0 spiro atoms. The fourth-order valence-electron chi connectivity index (χ4n) is 6.21. The van der Waals surface area contributed by atoms with E-state index in [1.807, 2.05) is 36.3 Å². The third-order valence-electron chi connectivity index (χ3n) is 8.79. The number of benzene rings is 1. The highest BCUT2D eigenvalue weighted by molar-refractivity contribution is 6.00. The van der Waals surface area contributed by atoms with Crippen LogP contribution in [0.5, 0.6) is 5.75 Å². The van der Waals surface area contributed by atoms with E-state index in [4.69, 9.17) is 20.4 Å². The molecule has 186 valence electrons. The zero-order valence-electron chi connectivity index (χ0n) is 21.1. The van der Waals surface area contributed by atoms with Crippen LogP contribution < -0.4 is 10.5 Å². The van der Waals surface area contributed by atoms with Gasteiger partial charge in [0.15, 0.2) is 5.82 Å². The van der Waals surface area contributed by atoms with Crippen LogP contribution in [0.3, 0.4) is 0 Å². The average molecular weight is 485 g/mol. The number of methoxy groups -OCH3 is 1. The summed E-state index contributed by atoms with van der Waals surface area (Å²) >= 11 is 0. The van der Waals surface area contributed by atoms with Crippen molar-refractivity contribution in [1.29, 1.82) is 0 Å². The lowest BCUT2D eigenvalue weighted by Crippen LogP contribution is -2.50. The summed E-state index contributed by atoms with van der Waals surface area (Å²) < 4.78 is 10.2. The summed E-state index contributed by atoms with van der Waals surface area (Å²) in [4.78, 5) is 25.2. The highest BCUT2D eigenvalue weighted by Crippen LogP contribution is 2.76. The number of nitrogens with two attached hydrogens (primary N) is 1. The van der Waals surface area contributed by atoms with Gasteiger partial charge in [0.1, 0.15) is 16.9 Å². The number of pyridine rings is 1. The summed E-state index contributed by atoms with van der Waals surface area (Å²) in [6.07, 6.45) is 6.36. The molecule has 4 aromatic rings. The van der Waals surface area contributed by atoms with Gasteiger partial charge in [-0.2, -0.15) is 0 Å². The number of fused-ring (bicyclic) bond motifs is 3. The van der Waals surface area contributed by atoms with Crippen LogP contribution in [0.15, 0.2) is 36.5 Å². The zero-order valence-corrected chi connectivity index (χ0v) is 21.1. The molecule has 4 heterocycles. The number of imidazole rings is 1. The molecule has 1 amide bonds. The van der Waals surface area contributed by atoms with Crippen LogP contribution >= 0.6 is 0 Å². The first kappa shape index (κ1) is 21.9. The molecule has 0 bridgehead atoms. The molecule has 1 aliphatic heterocycles. The number of piperidine rings is 1. The van der Waals surface area contributed by atoms with Crippen LogP contribution in [0.25, 0.3) is 33.6 Å². The second-order valence-electron chi connectivity index (χ2n) is 11.2. The minimum Gasteiger partial charge on any atom is -0.494 e. The first-order chi connectivity index (χ1) is 17.4. The Kier molecular flexibility index (Phi) is 4.59. The van der Waals surface area contributed by atoms with Gasteiger partial charge in [0, 0.05) is 49.4 Å². The number of hydrogen-bond acceptors (Lipinski definition) is 5. The first-order valence-electron chi connectivity index (χ1n) is 12.9. The van der Waals surface area contributed by atoms with Crippen LogP contribution in [-0.4, -0.2) is 55.6 Å². The van der Waals surface area contributed by atoms with Crippen molar-refractivity contribution in [1.82, 2.24) is 24.0 Å². The molecule has 7 rings (SSSR count). The van der Waals surface area contributed by atoms with Gasteiger partial charge in [0.2, 0.25) is 0 Å². The van der Waals surface area contributed by atoms with Gasteiger partial charge in [-0.15, -0.1) is 0 Å². The topological polar surface area (TPSA) is 91.2 Å². The van der Waals surface area contributed by atoms with Gasteiger partial charge in [-0.25, -0.2) is 9.97 Å². The molecular weight excluding hydrogens is 452 g/mol. The second kappa shape index (κ2) is 7.56. The number of likely N-dealkylation sites (tertiary alicyclic amines) is 1. The highest BCUT2D eigenvalue weighted by atomic mass is 16.5. The first-order valence-corrected chi connectivity index (χ1v) is 12.9. The molecule has 3 aliphatic rings. The smallest absolute Gasteiger partial charge is 0.254 e. The number of aryl methyl sites for hydroxylation is 1. The number of amides is 1. The zero-order chi connectivity index (χ0) is 24.8. The van der Waals surface area contributed by atoms with Crippen molar-refractivity contribution in [3.05, 3.63) is 42.1 Å². The predicted octanol–water partition coefficient (Wildman–Crippen LogP) is 3.96. The van der Waals surface area contributed by atoms with Crippen LogP contribution in [-0.2, 0) is 13.6 Å². The van der Waals surface area contributed by atoms with Crippen LogP contribution in [0.1, 0.15) is 43.0 Å². The number of ether oxygens (including phenoxy) is 1. The van der Waals surface area contributed by atoms with Gasteiger partial charge in [0.05, 0.1) is 18.3 Å². The number of aromatic nitrogens is 4. The molecule has 3 aromatic heterocycles. The molecular formula is C28H32N6O2. The van der Waals surface area contributed by atoms with E-state index >= 15 is 0 Å². The molecule has 0 radical (unpaired) electrons. The van der Waals surface area contributed by atoms with Crippen molar-refractivity contribution in [3.63, 3.8) is 0 Å². The summed E-state index contributed by atoms with van der Waals surface area (Å²) in [5.74, 6) is 2.37. The molecule has 2 N–H and O–H groups in total. The summed E-state index contributed by atoms with van der Waals surface area (Å²) in [5.41, 5.74) is 10.9. The van der Waals surface area contributed by atoms with E-state index in [9.17, 15) is 4.79 Å². The standard InChI is InChI=1S/C28H32N6O2/c1-16-6-7-20(29)14-33(16)27(35)18-9-21-24(23(11-18)36-3)32(2)26(31-21)22-10-17-5-4-8-30-25(17)34(22)15-28-12-19(28)13-28/h4-5,8-11,16,19-20H,6-7,12-15,29H2,1-3H3. The minimum absolute atomic E-state index is 0.0176. The number of rotatable bonds is 5. The maximum absolute atomic E-state index is 13.5. The Morgan fingerprint density at radius 2 is 2.06 bits per heavy atom. The maximum Gasteiger partial charge on any atom is 0.254 e. The van der Waals surface area contributed by atoms with E-state index in [-0.39, 0.29) is 18.0 Å². The Bertz CT molecular complexity index is 1530. The fraction of sp³-hybridized carbons (Fsp3) is 0.464. The Morgan fingerprint density at radius 3 is 2.81 bits per heavy atom. The molecule has 1 saturated heterocycles.